The topological polar surface area (TPSA) is 12.9 Å². The van der Waals surface area contributed by atoms with E-state index < -0.39 is 0 Å². The molecule has 0 aliphatic carbocycles. The van der Waals surface area contributed by atoms with E-state index in [1.807, 2.05) is 6.20 Å². The molecule has 0 bridgehead atoms. The third-order valence-corrected chi connectivity index (χ3v) is 4.36. The van der Waals surface area contributed by atoms with Crippen molar-refractivity contribution in [2.45, 2.75) is 0 Å². The molecule has 0 aliphatic rings. The molecule has 3 aromatic heterocycles. The largest absolute Gasteiger partial charge is 0.244 e. The normalized spacial score (nSPS) is 11.5. The standard InChI is InChI=1S/C9H4BrNS2/c10-8-3-6-5-1-2-12-9(5)11-4-7(6)13-8/h1-4H. The molecule has 3 heterocycles. The Labute approximate surface area is 91.2 Å². The van der Waals surface area contributed by atoms with Crippen LogP contribution in [0.15, 0.2) is 27.5 Å². The van der Waals surface area contributed by atoms with Crippen LogP contribution in [0.3, 0.4) is 0 Å². The van der Waals surface area contributed by atoms with Gasteiger partial charge in [-0.2, -0.15) is 0 Å². The molecule has 0 saturated carbocycles. The van der Waals surface area contributed by atoms with Crippen LogP contribution in [0.2, 0.25) is 0 Å². The molecule has 0 N–H and O–H groups in total. The summed E-state index contributed by atoms with van der Waals surface area (Å²) in [4.78, 5) is 5.51. The number of hydrogen-bond donors (Lipinski definition) is 0. The Bertz CT molecular complexity index is 581. The molecular weight excluding hydrogens is 266 g/mol. The molecule has 4 heteroatoms. The van der Waals surface area contributed by atoms with Gasteiger partial charge in [-0.1, -0.05) is 0 Å². The van der Waals surface area contributed by atoms with Crippen molar-refractivity contribution in [1.82, 2.24) is 4.98 Å². The van der Waals surface area contributed by atoms with Gasteiger partial charge in [0.25, 0.3) is 0 Å². The van der Waals surface area contributed by atoms with Gasteiger partial charge in [0, 0.05) is 17.0 Å². The van der Waals surface area contributed by atoms with Crippen molar-refractivity contribution < 1.29 is 0 Å². The molecule has 0 radical (unpaired) electrons. The average Bonchev–Trinajstić information content (AvgIpc) is 2.65. The van der Waals surface area contributed by atoms with Crippen molar-refractivity contribution in [2.75, 3.05) is 0 Å². The van der Waals surface area contributed by atoms with Crippen LogP contribution in [-0.2, 0) is 0 Å². The first kappa shape index (κ1) is 7.91. The highest BCUT2D eigenvalue weighted by Crippen LogP contribution is 2.34. The number of pyridine rings is 1. The molecule has 0 aromatic carbocycles. The molecular formula is C9H4BrNS2. The highest BCUT2D eigenvalue weighted by Gasteiger charge is 2.05. The van der Waals surface area contributed by atoms with E-state index >= 15 is 0 Å². The van der Waals surface area contributed by atoms with Gasteiger partial charge in [-0.25, -0.2) is 4.98 Å². The molecule has 0 spiro atoms. The Balaban J connectivity index is 2.64. The molecule has 0 unspecified atom stereocenters. The number of hydrogen-bond acceptors (Lipinski definition) is 3. The zero-order valence-electron chi connectivity index (χ0n) is 6.45. The highest BCUT2D eigenvalue weighted by atomic mass is 79.9. The molecule has 0 amide bonds. The average molecular weight is 270 g/mol. The molecule has 0 saturated heterocycles. The summed E-state index contributed by atoms with van der Waals surface area (Å²) in [6.07, 6.45) is 1.95. The second-order valence-corrected chi connectivity index (χ2v) is 6.08. The lowest BCUT2D eigenvalue weighted by Gasteiger charge is -1.89. The third-order valence-electron chi connectivity index (χ3n) is 1.96. The Morgan fingerprint density at radius 1 is 1.31 bits per heavy atom. The number of fused-ring (bicyclic) bond motifs is 3. The summed E-state index contributed by atoms with van der Waals surface area (Å²) in [5, 5.41) is 4.66. The molecule has 3 rings (SSSR count). The Hall–Kier alpha value is -0.450. The number of nitrogens with zero attached hydrogens (tertiary/aromatic N) is 1. The zero-order chi connectivity index (χ0) is 8.84. The van der Waals surface area contributed by atoms with Crippen LogP contribution < -0.4 is 0 Å². The van der Waals surface area contributed by atoms with E-state index in [9.17, 15) is 0 Å². The molecule has 0 fully saturated rings. The van der Waals surface area contributed by atoms with Crippen LogP contribution >= 0.6 is 38.6 Å². The van der Waals surface area contributed by atoms with Crippen molar-refractivity contribution >= 4 is 58.9 Å². The van der Waals surface area contributed by atoms with E-state index in [-0.39, 0.29) is 0 Å². The fourth-order valence-corrected chi connectivity index (χ4v) is 3.68. The lowest BCUT2D eigenvalue weighted by atomic mass is 10.2. The Morgan fingerprint density at radius 3 is 3.15 bits per heavy atom. The molecule has 64 valence electrons. The zero-order valence-corrected chi connectivity index (χ0v) is 9.67. The number of halogens is 1. The molecule has 1 nitrogen and oxygen atoms in total. The first-order valence-electron chi connectivity index (χ1n) is 3.76. The maximum absolute atomic E-state index is 4.39. The van der Waals surface area contributed by atoms with Crippen LogP contribution in [0, 0.1) is 0 Å². The first-order chi connectivity index (χ1) is 6.34. The second kappa shape index (κ2) is 2.77. The minimum atomic E-state index is 1.12. The van der Waals surface area contributed by atoms with Gasteiger partial charge in [-0.15, -0.1) is 22.7 Å². The van der Waals surface area contributed by atoms with Crippen LogP contribution in [0.4, 0.5) is 0 Å². The van der Waals surface area contributed by atoms with Crippen molar-refractivity contribution in [1.29, 1.82) is 0 Å². The van der Waals surface area contributed by atoms with Crippen molar-refractivity contribution in [3.05, 3.63) is 27.5 Å². The van der Waals surface area contributed by atoms with Crippen molar-refractivity contribution in [3.63, 3.8) is 0 Å². The second-order valence-electron chi connectivity index (χ2n) is 2.73. The minimum Gasteiger partial charge on any atom is -0.244 e. The summed E-state index contributed by atoms with van der Waals surface area (Å²) < 4.78 is 2.42. The van der Waals surface area contributed by atoms with Gasteiger partial charge < -0.3 is 0 Å². The van der Waals surface area contributed by atoms with E-state index in [1.54, 1.807) is 22.7 Å². The van der Waals surface area contributed by atoms with E-state index in [1.165, 1.54) is 19.3 Å². The minimum absolute atomic E-state index is 1.12. The van der Waals surface area contributed by atoms with Gasteiger partial charge in [-0.05, 0) is 33.4 Å². The molecule has 3 aromatic rings. The predicted molar refractivity (Wildman–Crippen MR) is 62.7 cm³/mol. The molecule has 0 atom stereocenters. The van der Waals surface area contributed by atoms with E-state index in [2.05, 4.69) is 38.4 Å². The molecule has 13 heavy (non-hydrogen) atoms. The van der Waals surface area contributed by atoms with Crippen LogP contribution in [0.5, 0.6) is 0 Å². The number of aromatic nitrogens is 1. The molecule has 0 aliphatic heterocycles. The summed E-state index contributed by atoms with van der Waals surface area (Å²) >= 11 is 6.91. The summed E-state index contributed by atoms with van der Waals surface area (Å²) in [7, 11) is 0. The third kappa shape index (κ3) is 1.13. The van der Waals surface area contributed by atoms with E-state index in [4.69, 9.17) is 0 Å². The van der Waals surface area contributed by atoms with Gasteiger partial charge in [0.05, 0.1) is 8.49 Å². The maximum Gasteiger partial charge on any atom is 0.123 e. The van der Waals surface area contributed by atoms with Crippen LogP contribution in [0.25, 0.3) is 20.3 Å². The predicted octanol–water partition coefficient (Wildman–Crippen LogP) is 4.27. The van der Waals surface area contributed by atoms with E-state index in [0.717, 1.165) is 4.83 Å². The van der Waals surface area contributed by atoms with Gasteiger partial charge in [0.15, 0.2) is 0 Å². The quantitative estimate of drug-likeness (QED) is 0.594. The SMILES string of the molecule is Brc1cc2c(cnc3sccc32)s1. The number of thiophene rings is 2. The van der Waals surface area contributed by atoms with Gasteiger partial charge in [0.2, 0.25) is 0 Å². The monoisotopic (exact) mass is 269 g/mol. The summed E-state index contributed by atoms with van der Waals surface area (Å²) in [5.41, 5.74) is 0. The number of rotatable bonds is 0. The fourth-order valence-electron chi connectivity index (χ4n) is 1.40. The lowest BCUT2D eigenvalue weighted by molar-refractivity contribution is 1.49. The van der Waals surface area contributed by atoms with Crippen molar-refractivity contribution in [3.8, 4) is 0 Å². The lowest BCUT2D eigenvalue weighted by Crippen LogP contribution is -1.69. The van der Waals surface area contributed by atoms with Crippen LogP contribution in [-0.4, -0.2) is 4.98 Å². The fraction of sp³-hybridized carbons (Fsp3) is 0. The van der Waals surface area contributed by atoms with Crippen LogP contribution in [0.1, 0.15) is 0 Å². The first-order valence-corrected chi connectivity index (χ1v) is 6.25. The highest BCUT2D eigenvalue weighted by molar-refractivity contribution is 9.11. The van der Waals surface area contributed by atoms with Crippen molar-refractivity contribution in [2.24, 2.45) is 0 Å². The summed E-state index contributed by atoms with van der Waals surface area (Å²) in [6.45, 7) is 0. The Kier molecular flexibility index (Phi) is 1.68. The van der Waals surface area contributed by atoms with Gasteiger partial charge in [0.1, 0.15) is 4.83 Å². The summed E-state index contributed by atoms with van der Waals surface area (Å²) in [6, 6.07) is 4.30. The summed E-state index contributed by atoms with van der Waals surface area (Å²) in [5.74, 6) is 0. The van der Waals surface area contributed by atoms with Gasteiger partial charge >= 0.3 is 0 Å². The van der Waals surface area contributed by atoms with Gasteiger partial charge in [-0.3, -0.25) is 0 Å². The Morgan fingerprint density at radius 2 is 2.23 bits per heavy atom. The smallest absolute Gasteiger partial charge is 0.123 e. The maximum atomic E-state index is 4.39. The van der Waals surface area contributed by atoms with E-state index in [0.29, 0.717) is 0 Å².